The van der Waals surface area contributed by atoms with Crippen molar-refractivity contribution in [1.29, 1.82) is 0 Å². The number of likely N-dealkylation sites (tertiary alicyclic amines) is 2. The van der Waals surface area contributed by atoms with E-state index in [1.165, 1.54) is 18.7 Å². The topological polar surface area (TPSA) is 158 Å². The third kappa shape index (κ3) is 17.0. The summed E-state index contributed by atoms with van der Waals surface area (Å²) in [5, 5.41) is 41.5. The second-order valence-electron chi connectivity index (χ2n) is 20.4. The number of aliphatic hydroxyl groups excluding tert-OH is 2. The van der Waals surface area contributed by atoms with E-state index in [-0.39, 0.29) is 102 Å². The molecule has 0 saturated carbocycles. The van der Waals surface area contributed by atoms with Crippen molar-refractivity contribution in [1.82, 2.24) is 9.80 Å². The number of β-amino-alcohol motifs (C(OH)–C–C–N with tert-alkyl or cyclic N) is 2. The molecule has 2 aliphatic rings. The van der Waals surface area contributed by atoms with Crippen molar-refractivity contribution in [3.8, 4) is 0 Å². The van der Waals surface area contributed by atoms with Crippen LogP contribution in [0.25, 0.3) is 0 Å². The fourth-order valence-corrected chi connectivity index (χ4v) is 9.90. The van der Waals surface area contributed by atoms with Crippen molar-refractivity contribution in [3.63, 3.8) is 0 Å². The fraction of sp³-hybridized carbons (Fsp3) is 0.458. The summed E-state index contributed by atoms with van der Waals surface area (Å²) in [7, 11) is 0. The van der Waals surface area contributed by atoms with Gasteiger partial charge in [-0.15, -0.1) is 0 Å². The van der Waals surface area contributed by atoms with Gasteiger partial charge in [-0.1, -0.05) is 98.4 Å². The molecule has 4 N–H and O–H groups in total. The minimum absolute atomic E-state index is 0. The molecule has 2 saturated heterocycles. The summed E-state index contributed by atoms with van der Waals surface area (Å²) in [6.45, 7) is 1.59. The Morgan fingerprint density at radius 1 is 0.542 bits per heavy atom. The van der Waals surface area contributed by atoms with Gasteiger partial charge in [-0.05, 0) is 111 Å². The number of aliphatic hydroxyl groups is 4. The van der Waals surface area contributed by atoms with E-state index in [0.29, 0.717) is 41.0 Å². The van der Waals surface area contributed by atoms with E-state index in [1.807, 2.05) is 0 Å². The van der Waals surface area contributed by atoms with E-state index >= 15 is 0 Å². The molecule has 2 heterocycles. The summed E-state index contributed by atoms with van der Waals surface area (Å²) in [5.74, 6) is -0.610. The van der Waals surface area contributed by atoms with Gasteiger partial charge in [0.05, 0.1) is 91.7 Å². The first-order valence-corrected chi connectivity index (χ1v) is 25.8. The molecule has 0 aliphatic carbocycles. The number of piperidine rings is 2. The first kappa shape index (κ1) is 67.5. The van der Waals surface area contributed by atoms with Crippen LogP contribution in [0.1, 0.15) is 116 Å². The minimum atomic E-state index is -5.03. The highest BCUT2D eigenvalue weighted by Gasteiger charge is 2.53. The van der Waals surface area contributed by atoms with Crippen LogP contribution in [0.5, 0.6) is 0 Å². The molecule has 7 rings (SSSR count). The Bertz CT molecular complexity index is 2830. The molecule has 83 heavy (non-hydrogen) atoms. The van der Waals surface area contributed by atoms with Gasteiger partial charge in [0, 0.05) is 6.54 Å². The number of alkyl halides is 12. The Morgan fingerprint density at radius 2 is 0.916 bits per heavy atom. The number of rotatable bonds is 17. The molecule has 2 fully saturated rings. The maximum Gasteiger partial charge on any atom is 0.416 e. The van der Waals surface area contributed by atoms with E-state index in [4.69, 9.17) is 18.9 Å². The van der Waals surface area contributed by atoms with Gasteiger partial charge < -0.3 is 39.4 Å². The first-order valence-electron chi connectivity index (χ1n) is 25.8. The molecule has 2 aliphatic heterocycles. The number of esters is 1. The van der Waals surface area contributed by atoms with Crippen molar-refractivity contribution in [2.45, 2.75) is 120 Å². The largest absolute Gasteiger partial charge is 0.465 e. The second kappa shape index (κ2) is 27.2. The highest BCUT2D eigenvalue weighted by atomic mass is 19.4. The summed E-state index contributed by atoms with van der Waals surface area (Å²) < 4.78 is 184. The Balaban J connectivity index is 0.000000302. The maximum absolute atomic E-state index is 13.6. The van der Waals surface area contributed by atoms with E-state index < -0.39 is 107 Å². The average molecular weight is 1190 g/mol. The minimum Gasteiger partial charge on any atom is -0.465 e. The van der Waals surface area contributed by atoms with Crippen molar-refractivity contribution in [2.24, 2.45) is 0 Å². The zero-order valence-electron chi connectivity index (χ0n) is 44.6. The summed E-state index contributed by atoms with van der Waals surface area (Å²) in [5.41, 5.74) is -10.3. The molecule has 1 amide bonds. The third-order valence-electron chi connectivity index (χ3n) is 14.6. The molecule has 5 aromatic carbocycles. The summed E-state index contributed by atoms with van der Waals surface area (Å²) in [6, 6.07) is 28.6. The van der Waals surface area contributed by atoms with Gasteiger partial charge in [0.15, 0.2) is 0 Å². The van der Waals surface area contributed by atoms with Crippen molar-refractivity contribution >= 4 is 12.1 Å². The molecule has 0 aromatic heterocycles. The van der Waals surface area contributed by atoms with E-state index in [2.05, 4.69) is 0 Å². The van der Waals surface area contributed by atoms with Crippen LogP contribution in [0.2, 0.25) is 0 Å². The van der Waals surface area contributed by atoms with E-state index in [9.17, 15) is 82.7 Å². The van der Waals surface area contributed by atoms with Crippen LogP contribution < -0.4 is 0 Å². The van der Waals surface area contributed by atoms with Gasteiger partial charge in [0.2, 0.25) is 0 Å². The van der Waals surface area contributed by atoms with Crippen LogP contribution in [0, 0.1) is 0 Å². The number of ether oxygens (including phenoxy) is 4. The molecule has 0 radical (unpaired) electrons. The Morgan fingerprint density at radius 3 is 1.31 bits per heavy atom. The zero-order valence-corrected chi connectivity index (χ0v) is 44.6. The van der Waals surface area contributed by atoms with Gasteiger partial charge in [-0.3, -0.25) is 14.6 Å². The van der Waals surface area contributed by atoms with E-state index in [0.717, 1.165) is 0 Å². The number of amides is 1. The van der Waals surface area contributed by atoms with E-state index in [1.54, 1.807) is 103 Å². The lowest BCUT2D eigenvalue weighted by Crippen LogP contribution is -2.63. The van der Waals surface area contributed by atoms with Crippen LogP contribution in [0.3, 0.4) is 0 Å². The molecule has 0 bridgehead atoms. The monoisotopic (exact) mass is 1190 g/mol. The first-order chi connectivity index (χ1) is 38.3. The van der Waals surface area contributed by atoms with Gasteiger partial charge in [-0.25, -0.2) is 4.79 Å². The third-order valence-corrected chi connectivity index (χ3v) is 14.6. The molecular formula is C59H66F12N2O10. The van der Waals surface area contributed by atoms with Crippen LogP contribution in [-0.2, 0) is 66.1 Å². The molecule has 456 valence electrons. The van der Waals surface area contributed by atoms with Crippen LogP contribution >= 0.6 is 0 Å². The van der Waals surface area contributed by atoms with Crippen molar-refractivity contribution in [2.75, 3.05) is 52.7 Å². The number of carbonyl (C=O) groups excluding carboxylic acids is 2. The molecule has 0 spiro atoms. The van der Waals surface area contributed by atoms with Crippen LogP contribution in [-0.4, -0.2) is 106 Å². The molecule has 5 aromatic rings. The summed E-state index contributed by atoms with van der Waals surface area (Å²) in [6.07, 6.45) is -23.1. The summed E-state index contributed by atoms with van der Waals surface area (Å²) in [4.78, 5) is 28.9. The number of hydrogen-bond donors (Lipinski definition) is 4. The standard InChI is InChI=1S/C31H31F6NO5.C27H31F6NO5.CH4/c1-21(23-14-25(30(32,33)34)16-26(15-23)31(35,36)37)43-20-29(24-10-6-3-7-11-24)13-12-28(41,19-39)18-38(29)27(40)42-17-22-8-4-2-5-9-22;1-3-38-23(36)14-34-15-24(37,16-35)9-10-25(34,20-7-5-4-6-8-20)17-39-18(2)19-11-21(26(28,29)30)13-22(12-19)27(31,32)33;/h2-11,14-16,21,39,41H,12-13,17-20H2,1H3;4-8,11-13,18,35,37H,3,9-10,14-17H2,1-2H3;1H4/t21-,28?,29-;18-,24?,25-;/m11./s1. The molecule has 12 nitrogen and oxygen atoms in total. The Hall–Kier alpha value is -6.28. The molecule has 24 heteroatoms. The maximum atomic E-state index is 13.6. The van der Waals surface area contributed by atoms with Crippen molar-refractivity contribution < 1.29 is 102 Å². The number of nitrogens with zero attached hydrogens (tertiary/aromatic N) is 2. The van der Waals surface area contributed by atoms with Gasteiger partial charge >= 0.3 is 36.8 Å². The van der Waals surface area contributed by atoms with Gasteiger partial charge in [-0.2, -0.15) is 52.7 Å². The smallest absolute Gasteiger partial charge is 0.416 e. The summed E-state index contributed by atoms with van der Waals surface area (Å²) >= 11 is 0. The normalized spacial score (nSPS) is 22.3. The van der Waals surface area contributed by atoms with Crippen molar-refractivity contribution in [3.05, 3.63) is 177 Å². The van der Waals surface area contributed by atoms with Gasteiger partial charge in [0.25, 0.3) is 0 Å². The lowest BCUT2D eigenvalue weighted by Gasteiger charge is -2.52. The Labute approximate surface area is 472 Å². The number of carbonyl (C=O) groups is 2. The highest BCUT2D eigenvalue weighted by Crippen LogP contribution is 2.46. The Kier molecular flexibility index (Phi) is 22.1. The predicted molar refractivity (Wildman–Crippen MR) is 279 cm³/mol. The molecule has 2 unspecified atom stereocenters. The average Bonchev–Trinajstić information content (AvgIpc) is 3.34. The molecular weight excluding hydrogens is 1120 g/mol. The van der Waals surface area contributed by atoms with Gasteiger partial charge in [0.1, 0.15) is 17.8 Å². The lowest BCUT2D eigenvalue weighted by molar-refractivity contribution is -0.162. The predicted octanol–water partition coefficient (Wildman–Crippen LogP) is 12.6. The highest BCUT2D eigenvalue weighted by molar-refractivity contribution is 5.72. The zero-order chi connectivity index (χ0) is 60.5. The SMILES string of the molecule is C.CCOC(=O)CN1CC(O)(CO)CC[C@@]1(CO[C@H](C)c1cc(C(F)(F)F)cc(C(F)(F)F)c1)c1ccccc1.C[C@@H](OC[C@@]1(c2ccccc2)CCC(O)(CO)CN1C(=O)OCc1ccccc1)c1cc(C(F)(F)F)cc(C(F)(F)F)c1. The number of hydrogen-bond acceptors (Lipinski definition) is 11. The quantitative estimate of drug-likeness (QED) is 0.0519. The second-order valence-corrected chi connectivity index (χ2v) is 20.4. The number of benzene rings is 5. The lowest BCUT2D eigenvalue weighted by atomic mass is 9.76. The fourth-order valence-electron chi connectivity index (χ4n) is 9.90. The van der Waals surface area contributed by atoms with Crippen LogP contribution in [0.4, 0.5) is 57.5 Å². The molecule has 6 atom stereocenters. The number of halogens is 12. The van der Waals surface area contributed by atoms with Crippen LogP contribution in [0.15, 0.2) is 127 Å².